The van der Waals surface area contributed by atoms with Gasteiger partial charge in [0.2, 0.25) is 5.91 Å². The molecule has 1 aromatic heterocycles. The fourth-order valence-corrected chi connectivity index (χ4v) is 3.95. The molecule has 1 amide bonds. The molecule has 1 atom stereocenters. The van der Waals surface area contributed by atoms with Gasteiger partial charge >= 0.3 is 0 Å². The van der Waals surface area contributed by atoms with Crippen molar-refractivity contribution in [3.63, 3.8) is 0 Å². The van der Waals surface area contributed by atoms with Crippen LogP contribution in [0.25, 0.3) is 0 Å². The third kappa shape index (κ3) is 2.59. The lowest BCUT2D eigenvalue weighted by molar-refractivity contribution is -0.113. The van der Waals surface area contributed by atoms with Gasteiger partial charge in [0.15, 0.2) is 0 Å². The summed E-state index contributed by atoms with van der Waals surface area (Å²) in [6, 6.07) is 8.50. The minimum atomic E-state index is 0.0293. The maximum atomic E-state index is 11.9. The molecule has 22 heavy (non-hydrogen) atoms. The van der Waals surface area contributed by atoms with Crippen molar-refractivity contribution in [3.8, 4) is 0 Å². The number of hydrogen-bond acceptors (Lipinski definition) is 4. The molecule has 0 saturated carbocycles. The van der Waals surface area contributed by atoms with E-state index in [1.807, 2.05) is 28.1 Å². The van der Waals surface area contributed by atoms with E-state index in [1.54, 1.807) is 16.4 Å². The van der Waals surface area contributed by atoms with Gasteiger partial charge in [-0.15, -0.1) is 11.8 Å². The van der Waals surface area contributed by atoms with Gasteiger partial charge in [0.1, 0.15) is 5.82 Å². The Balaban J connectivity index is 2.05. The van der Waals surface area contributed by atoms with Crippen molar-refractivity contribution >= 4 is 29.2 Å². The Bertz CT molecular complexity index is 706. The van der Waals surface area contributed by atoms with Crippen molar-refractivity contribution in [3.05, 3.63) is 41.1 Å². The number of rotatable bonds is 2. The molecule has 1 aliphatic rings. The highest BCUT2D eigenvalue weighted by molar-refractivity contribution is 8.00. The van der Waals surface area contributed by atoms with Crippen molar-refractivity contribution in [1.82, 2.24) is 9.78 Å². The number of aromatic nitrogens is 2. The number of nitrogens with zero attached hydrogens (tertiary/aromatic N) is 3. The van der Waals surface area contributed by atoms with E-state index in [4.69, 9.17) is 0 Å². The van der Waals surface area contributed by atoms with E-state index in [2.05, 4.69) is 39.6 Å². The Morgan fingerprint density at radius 3 is 2.64 bits per heavy atom. The molecule has 0 radical (unpaired) electrons. The maximum Gasteiger partial charge on any atom is 0.235 e. The second-order valence-electron chi connectivity index (χ2n) is 5.70. The summed E-state index contributed by atoms with van der Waals surface area (Å²) in [6.45, 7) is 2.00. The summed E-state index contributed by atoms with van der Waals surface area (Å²) in [6.07, 6.45) is 0. The zero-order valence-electron chi connectivity index (χ0n) is 13.3. The summed E-state index contributed by atoms with van der Waals surface area (Å²) < 4.78 is 1.76. The minimum Gasteiger partial charge on any atom is -0.378 e. The van der Waals surface area contributed by atoms with Crippen LogP contribution >= 0.6 is 11.8 Å². The first-order valence-corrected chi connectivity index (χ1v) is 8.24. The number of thioether (sulfide) groups is 1. The second kappa shape index (κ2) is 5.68. The highest BCUT2D eigenvalue weighted by Crippen LogP contribution is 2.43. The van der Waals surface area contributed by atoms with Crippen LogP contribution in [0.3, 0.4) is 0 Å². The highest BCUT2D eigenvalue weighted by atomic mass is 32.2. The Morgan fingerprint density at radius 2 is 2.00 bits per heavy atom. The van der Waals surface area contributed by atoms with E-state index in [0.29, 0.717) is 5.75 Å². The first-order valence-electron chi connectivity index (χ1n) is 7.19. The average molecular weight is 316 g/mol. The zero-order valence-corrected chi connectivity index (χ0v) is 14.1. The molecule has 116 valence electrons. The van der Waals surface area contributed by atoms with Crippen molar-refractivity contribution < 1.29 is 4.79 Å². The molecule has 6 heteroatoms. The first kappa shape index (κ1) is 15.0. The SMILES string of the molecule is Cc1nn(C)c2c1C(c1ccc(N(C)C)cc1)SCC(=O)N2. The number of benzene rings is 1. The lowest BCUT2D eigenvalue weighted by Crippen LogP contribution is -2.15. The molecule has 1 aromatic carbocycles. The fourth-order valence-electron chi connectivity index (χ4n) is 2.76. The summed E-state index contributed by atoms with van der Waals surface area (Å²) in [5, 5.41) is 7.57. The number of amides is 1. The minimum absolute atomic E-state index is 0.0293. The Morgan fingerprint density at radius 1 is 1.32 bits per heavy atom. The van der Waals surface area contributed by atoms with Crippen molar-refractivity contribution in [2.24, 2.45) is 7.05 Å². The van der Waals surface area contributed by atoms with E-state index in [-0.39, 0.29) is 11.2 Å². The summed E-state index contributed by atoms with van der Waals surface area (Å²) in [7, 11) is 5.93. The summed E-state index contributed by atoms with van der Waals surface area (Å²) >= 11 is 1.65. The summed E-state index contributed by atoms with van der Waals surface area (Å²) in [5.74, 6) is 1.30. The fraction of sp³-hybridized carbons (Fsp3) is 0.375. The van der Waals surface area contributed by atoms with Gasteiger partial charge in [-0.2, -0.15) is 5.10 Å². The maximum absolute atomic E-state index is 11.9. The smallest absolute Gasteiger partial charge is 0.235 e. The van der Waals surface area contributed by atoms with E-state index >= 15 is 0 Å². The molecule has 0 bridgehead atoms. The number of nitrogens with one attached hydrogen (secondary N) is 1. The molecular formula is C16H20N4OS. The van der Waals surface area contributed by atoms with Gasteiger partial charge in [-0.05, 0) is 24.6 Å². The molecular weight excluding hydrogens is 296 g/mol. The van der Waals surface area contributed by atoms with E-state index in [1.165, 1.54) is 11.3 Å². The van der Waals surface area contributed by atoms with E-state index in [9.17, 15) is 4.79 Å². The molecule has 0 saturated heterocycles. The highest BCUT2D eigenvalue weighted by Gasteiger charge is 2.29. The monoisotopic (exact) mass is 316 g/mol. The van der Waals surface area contributed by atoms with Gasteiger partial charge in [0.25, 0.3) is 0 Å². The Hall–Kier alpha value is -1.95. The van der Waals surface area contributed by atoms with Gasteiger partial charge in [-0.1, -0.05) is 12.1 Å². The molecule has 3 rings (SSSR count). The largest absolute Gasteiger partial charge is 0.378 e. The molecule has 0 aliphatic carbocycles. The number of fused-ring (bicyclic) bond motifs is 1. The van der Waals surface area contributed by atoms with Gasteiger partial charge in [0, 0.05) is 32.4 Å². The molecule has 2 aromatic rings. The van der Waals surface area contributed by atoms with Crippen LogP contribution in [0.4, 0.5) is 11.5 Å². The van der Waals surface area contributed by atoms with Crippen molar-refractivity contribution in [2.75, 3.05) is 30.1 Å². The normalized spacial score (nSPS) is 17.6. The molecule has 1 N–H and O–H groups in total. The molecule has 2 heterocycles. The Labute approximate surface area is 134 Å². The molecule has 1 aliphatic heterocycles. The third-order valence-electron chi connectivity index (χ3n) is 3.88. The van der Waals surface area contributed by atoms with E-state index in [0.717, 1.165) is 17.1 Å². The first-order chi connectivity index (χ1) is 10.5. The van der Waals surface area contributed by atoms with Crippen LogP contribution in [-0.4, -0.2) is 35.5 Å². The topological polar surface area (TPSA) is 50.2 Å². The van der Waals surface area contributed by atoms with Gasteiger partial charge in [-0.25, -0.2) is 0 Å². The molecule has 0 spiro atoms. The predicted octanol–water partition coefficient (Wildman–Crippen LogP) is 2.57. The van der Waals surface area contributed by atoms with Crippen LogP contribution in [0.5, 0.6) is 0 Å². The lowest BCUT2D eigenvalue weighted by atomic mass is 10.0. The lowest BCUT2D eigenvalue weighted by Gasteiger charge is -2.17. The second-order valence-corrected chi connectivity index (χ2v) is 6.79. The Kier molecular flexibility index (Phi) is 3.87. The van der Waals surface area contributed by atoms with Crippen LogP contribution in [-0.2, 0) is 11.8 Å². The molecule has 5 nitrogen and oxygen atoms in total. The molecule has 1 unspecified atom stereocenters. The van der Waals surface area contributed by atoms with Crippen molar-refractivity contribution in [2.45, 2.75) is 12.2 Å². The number of hydrogen-bond donors (Lipinski definition) is 1. The van der Waals surface area contributed by atoms with Gasteiger partial charge in [-0.3, -0.25) is 9.48 Å². The van der Waals surface area contributed by atoms with Crippen LogP contribution in [0, 0.1) is 6.92 Å². The van der Waals surface area contributed by atoms with Crippen LogP contribution in [0.1, 0.15) is 22.1 Å². The summed E-state index contributed by atoms with van der Waals surface area (Å²) in [4.78, 5) is 14.0. The number of aryl methyl sites for hydroxylation is 2. The van der Waals surface area contributed by atoms with Crippen LogP contribution in [0.2, 0.25) is 0 Å². The third-order valence-corrected chi connectivity index (χ3v) is 5.15. The van der Waals surface area contributed by atoms with Crippen LogP contribution < -0.4 is 10.2 Å². The van der Waals surface area contributed by atoms with Crippen LogP contribution in [0.15, 0.2) is 24.3 Å². The quantitative estimate of drug-likeness (QED) is 0.925. The van der Waals surface area contributed by atoms with Gasteiger partial charge in [0.05, 0.1) is 16.7 Å². The van der Waals surface area contributed by atoms with Gasteiger partial charge < -0.3 is 10.2 Å². The number of carbonyl (C=O) groups excluding carboxylic acids is 1. The number of carbonyl (C=O) groups is 1. The standard InChI is InChI=1S/C16H20N4OS/c1-10-14-15(11-5-7-12(8-6-11)19(2)3)22-9-13(21)17-16(14)20(4)18-10/h5-8,15H,9H2,1-4H3,(H,17,21). The zero-order chi connectivity index (χ0) is 15.9. The van der Waals surface area contributed by atoms with Crippen molar-refractivity contribution in [1.29, 1.82) is 0 Å². The van der Waals surface area contributed by atoms with E-state index < -0.39 is 0 Å². The predicted molar refractivity (Wildman–Crippen MR) is 91.6 cm³/mol. The number of anilines is 2. The average Bonchev–Trinajstić information content (AvgIpc) is 2.66. The molecule has 0 fully saturated rings. The summed E-state index contributed by atoms with van der Waals surface area (Å²) in [5.41, 5.74) is 4.44.